The lowest BCUT2D eigenvalue weighted by Gasteiger charge is -2.30. The van der Waals surface area contributed by atoms with Gasteiger partial charge in [-0.25, -0.2) is 12.8 Å². The number of anilines is 2. The topological polar surface area (TPSA) is 66.5 Å². The zero-order chi connectivity index (χ0) is 17.7. The summed E-state index contributed by atoms with van der Waals surface area (Å²) in [6.07, 6.45) is 1.35. The number of nitrogens with zero attached hydrogens (tertiary/aromatic N) is 1. The Morgan fingerprint density at radius 2 is 1.71 bits per heavy atom. The molecule has 2 rings (SSSR count). The van der Waals surface area contributed by atoms with Crippen LogP contribution in [0.4, 0.5) is 15.8 Å². The summed E-state index contributed by atoms with van der Waals surface area (Å²) in [6, 6.07) is 12.8. The van der Waals surface area contributed by atoms with Crippen molar-refractivity contribution in [1.82, 2.24) is 0 Å². The van der Waals surface area contributed by atoms with E-state index in [1.165, 1.54) is 24.3 Å². The molecule has 0 unspecified atom stereocenters. The molecule has 24 heavy (non-hydrogen) atoms. The minimum absolute atomic E-state index is 0.287. The number of hydrogen-bond donors (Lipinski definition) is 1. The first-order valence-corrected chi connectivity index (χ1v) is 9.28. The van der Waals surface area contributed by atoms with Crippen LogP contribution in [-0.2, 0) is 14.8 Å². The van der Waals surface area contributed by atoms with Crippen molar-refractivity contribution in [1.29, 1.82) is 0 Å². The van der Waals surface area contributed by atoms with Gasteiger partial charge in [0.25, 0.3) is 0 Å². The lowest BCUT2D eigenvalue weighted by atomic mass is 10.2. The van der Waals surface area contributed by atoms with Gasteiger partial charge in [0.05, 0.1) is 11.9 Å². The first kappa shape index (κ1) is 17.9. The van der Waals surface area contributed by atoms with Gasteiger partial charge in [-0.1, -0.05) is 25.1 Å². The minimum Gasteiger partial charge on any atom is -0.324 e. The maximum Gasteiger partial charge on any atom is 0.248 e. The molecule has 1 amide bonds. The smallest absolute Gasteiger partial charge is 0.248 e. The molecule has 0 aliphatic carbocycles. The second-order valence-corrected chi connectivity index (χ2v) is 7.17. The van der Waals surface area contributed by atoms with Crippen LogP contribution >= 0.6 is 0 Å². The van der Waals surface area contributed by atoms with Gasteiger partial charge in [0, 0.05) is 5.69 Å². The normalized spacial score (nSPS) is 12.5. The van der Waals surface area contributed by atoms with Gasteiger partial charge < -0.3 is 5.32 Å². The maximum absolute atomic E-state index is 13.0. The van der Waals surface area contributed by atoms with Crippen molar-refractivity contribution in [2.75, 3.05) is 15.9 Å². The lowest BCUT2D eigenvalue weighted by molar-refractivity contribution is -0.117. The van der Waals surface area contributed by atoms with Crippen LogP contribution in [0.5, 0.6) is 0 Å². The summed E-state index contributed by atoms with van der Waals surface area (Å²) < 4.78 is 38.5. The van der Waals surface area contributed by atoms with Crippen molar-refractivity contribution >= 4 is 27.3 Å². The molecule has 5 nitrogen and oxygen atoms in total. The van der Waals surface area contributed by atoms with Gasteiger partial charge in [0.1, 0.15) is 11.9 Å². The Morgan fingerprint density at radius 3 is 2.21 bits per heavy atom. The van der Waals surface area contributed by atoms with Gasteiger partial charge in [-0.05, 0) is 42.8 Å². The highest BCUT2D eigenvalue weighted by Crippen LogP contribution is 2.23. The molecule has 0 bridgehead atoms. The Kier molecular flexibility index (Phi) is 5.56. The van der Waals surface area contributed by atoms with Crippen molar-refractivity contribution in [3.63, 3.8) is 0 Å². The minimum atomic E-state index is -3.66. The van der Waals surface area contributed by atoms with E-state index in [2.05, 4.69) is 5.32 Å². The van der Waals surface area contributed by atoms with Crippen LogP contribution in [-0.4, -0.2) is 26.6 Å². The zero-order valence-electron chi connectivity index (χ0n) is 13.4. The fraction of sp³-hybridized carbons (Fsp3) is 0.235. The van der Waals surface area contributed by atoms with Crippen LogP contribution in [0.1, 0.15) is 13.3 Å². The fourth-order valence-electron chi connectivity index (χ4n) is 2.39. The van der Waals surface area contributed by atoms with E-state index < -0.39 is 27.8 Å². The van der Waals surface area contributed by atoms with Crippen LogP contribution in [0.25, 0.3) is 0 Å². The molecule has 0 fully saturated rings. The maximum atomic E-state index is 13.0. The van der Waals surface area contributed by atoms with Gasteiger partial charge in [-0.3, -0.25) is 9.10 Å². The van der Waals surface area contributed by atoms with E-state index in [9.17, 15) is 17.6 Å². The monoisotopic (exact) mass is 350 g/mol. The predicted molar refractivity (Wildman–Crippen MR) is 92.9 cm³/mol. The predicted octanol–water partition coefficient (Wildman–Crippen LogP) is 3.01. The molecule has 7 heteroatoms. The molecule has 0 aliphatic heterocycles. The van der Waals surface area contributed by atoms with E-state index in [0.29, 0.717) is 11.4 Å². The number of amides is 1. The molecule has 0 spiro atoms. The van der Waals surface area contributed by atoms with Crippen LogP contribution in [0, 0.1) is 5.82 Å². The van der Waals surface area contributed by atoms with Crippen molar-refractivity contribution in [2.45, 2.75) is 19.4 Å². The molecule has 0 saturated carbocycles. The first-order valence-electron chi connectivity index (χ1n) is 7.44. The molecule has 1 N–H and O–H groups in total. The molecular weight excluding hydrogens is 331 g/mol. The van der Waals surface area contributed by atoms with E-state index in [0.717, 1.165) is 10.6 Å². The average Bonchev–Trinajstić information content (AvgIpc) is 2.54. The number of halogens is 1. The summed E-state index contributed by atoms with van der Waals surface area (Å²) in [4.78, 5) is 12.6. The van der Waals surface area contributed by atoms with Gasteiger partial charge >= 0.3 is 0 Å². The molecule has 2 aromatic rings. The van der Waals surface area contributed by atoms with Gasteiger partial charge in [0.15, 0.2) is 0 Å². The molecule has 2 aromatic carbocycles. The molecular formula is C17H19FN2O3S. The summed E-state index contributed by atoms with van der Waals surface area (Å²) in [5.41, 5.74) is 0.822. The number of sulfonamides is 1. The summed E-state index contributed by atoms with van der Waals surface area (Å²) in [5, 5.41) is 2.63. The highest BCUT2D eigenvalue weighted by Gasteiger charge is 2.31. The number of rotatable bonds is 6. The second-order valence-electron chi connectivity index (χ2n) is 5.31. The van der Waals surface area contributed by atoms with E-state index in [-0.39, 0.29) is 6.42 Å². The first-order chi connectivity index (χ1) is 11.3. The number of para-hydroxylation sites is 1. The third-order valence-corrected chi connectivity index (χ3v) is 4.63. The number of carbonyl (C=O) groups excluding carboxylic acids is 1. The van der Waals surface area contributed by atoms with Crippen molar-refractivity contribution < 1.29 is 17.6 Å². The van der Waals surface area contributed by atoms with Crippen molar-refractivity contribution in [2.24, 2.45) is 0 Å². The fourth-order valence-corrected chi connectivity index (χ4v) is 3.61. The van der Waals surface area contributed by atoms with Crippen LogP contribution in [0.15, 0.2) is 54.6 Å². The van der Waals surface area contributed by atoms with Gasteiger partial charge in [-0.15, -0.1) is 0 Å². The van der Waals surface area contributed by atoms with Gasteiger partial charge in [0.2, 0.25) is 15.9 Å². The zero-order valence-corrected chi connectivity index (χ0v) is 14.3. The second kappa shape index (κ2) is 7.44. The Morgan fingerprint density at radius 1 is 1.12 bits per heavy atom. The molecule has 1 atom stereocenters. The lowest BCUT2D eigenvalue weighted by Crippen LogP contribution is -2.46. The number of nitrogens with one attached hydrogen (secondary N) is 1. The molecule has 0 aliphatic rings. The molecule has 0 heterocycles. The van der Waals surface area contributed by atoms with Crippen molar-refractivity contribution in [3.8, 4) is 0 Å². The van der Waals surface area contributed by atoms with Crippen molar-refractivity contribution in [3.05, 3.63) is 60.4 Å². The Labute approximate surface area is 141 Å². The third kappa shape index (κ3) is 4.32. The van der Waals surface area contributed by atoms with E-state index in [1.807, 2.05) is 0 Å². The van der Waals surface area contributed by atoms with E-state index >= 15 is 0 Å². The number of hydrogen-bond acceptors (Lipinski definition) is 3. The van der Waals surface area contributed by atoms with Gasteiger partial charge in [-0.2, -0.15) is 0 Å². The SMILES string of the molecule is CC[C@@H](C(=O)Nc1ccc(F)cc1)N(c1ccccc1)S(C)(=O)=O. The average molecular weight is 350 g/mol. The molecule has 128 valence electrons. The third-order valence-electron chi connectivity index (χ3n) is 3.45. The standard InChI is InChI=1S/C17H19FN2O3S/c1-3-16(17(21)19-14-11-9-13(18)10-12-14)20(24(2,22)23)15-7-5-4-6-8-15/h4-12,16H,3H2,1-2H3,(H,19,21)/t16-/m0/s1. The molecule has 0 aromatic heterocycles. The highest BCUT2D eigenvalue weighted by atomic mass is 32.2. The molecule has 0 radical (unpaired) electrons. The number of benzene rings is 2. The summed E-state index contributed by atoms with van der Waals surface area (Å²) in [7, 11) is -3.66. The summed E-state index contributed by atoms with van der Waals surface area (Å²) in [5.74, 6) is -0.888. The number of carbonyl (C=O) groups is 1. The van der Waals surface area contributed by atoms with Crippen LogP contribution < -0.4 is 9.62 Å². The Balaban J connectivity index is 2.32. The Hall–Kier alpha value is -2.41. The van der Waals surface area contributed by atoms with E-state index in [1.54, 1.807) is 37.3 Å². The summed E-state index contributed by atoms with van der Waals surface area (Å²) in [6.45, 7) is 1.73. The van der Waals surface area contributed by atoms with Crippen LogP contribution in [0.2, 0.25) is 0 Å². The molecule has 0 saturated heterocycles. The van der Waals surface area contributed by atoms with E-state index in [4.69, 9.17) is 0 Å². The largest absolute Gasteiger partial charge is 0.324 e. The van der Waals surface area contributed by atoms with Crippen LogP contribution in [0.3, 0.4) is 0 Å². The summed E-state index contributed by atoms with van der Waals surface area (Å²) >= 11 is 0. The quantitative estimate of drug-likeness (QED) is 0.871. The highest BCUT2D eigenvalue weighted by molar-refractivity contribution is 7.92. The Bertz CT molecular complexity index is 792.